The third-order valence-electron chi connectivity index (χ3n) is 3.41. The van der Waals surface area contributed by atoms with Gasteiger partial charge in [0.15, 0.2) is 0 Å². The van der Waals surface area contributed by atoms with E-state index in [0.29, 0.717) is 5.75 Å². The van der Waals surface area contributed by atoms with Gasteiger partial charge < -0.3 is 24.4 Å². The third kappa shape index (κ3) is 7.73. The van der Waals surface area contributed by atoms with Crippen molar-refractivity contribution in [3.63, 3.8) is 0 Å². The number of benzene rings is 1. The number of pyridine rings is 1. The van der Waals surface area contributed by atoms with Crippen LogP contribution in [0, 0.1) is 0 Å². The fourth-order valence-electron chi connectivity index (χ4n) is 2.14. The van der Waals surface area contributed by atoms with Crippen molar-refractivity contribution in [1.82, 2.24) is 19.9 Å². The summed E-state index contributed by atoms with van der Waals surface area (Å²) in [7, 11) is -4.45. The van der Waals surface area contributed by atoms with Gasteiger partial charge >= 0.3 is 47.5 Å². The van der Waals surface area contributed by atoms with Crippen molar-refractivity contribution in [2.45, 2.75) is 0 Å². The SMILES string of the molecule is O=C(O)c1ccccc1Oc1nc(NCCS(=O)(=O)[O-])nc(Oc2ccncc2)n1.[Na+]. The average Bonchev–Trinajstić information content (AvgIpc) is 2.68. The van der Waals surface area contributed by atoms with Crippen LogP contribution in [0.25, 0.3) is 0 Å². The van der Waals surface area contributed by atoms with Crippen molar-refractivity contribution in [1.29, 1.82) is 0 Å². The maximum Gasteiger partial charge on any atom is 1.00 e. The normalized spacial score (nSPS) is 10.6. The first-order valence-corrected chi connectivity index (χ1v) is 9.89. The second-order valence-corrected chi connectivity index (χ2v) is 7.12. The zero-order valence-corrected chi connectivity index (χ0v) is 18.9. The summed E-state index contributed by atoms with van der Waals surface area (Å²) < 4.78 is 43.3. The first kappa shape index (κ1) is 24.4. The third-order valence-corrected chi connectivity index (χ3v) is 4.11. The van der Waals surface area contributed by atoms with Crippen molar-refractivity contribution in [2.75, 3.05) is 17.6 Å². The monoisotopic (exact) mass is 455 g/mol. The molecule has 12 nitrogen and oxygen atoms in total. The molecule has 2 heterocycles. The summed E-state index contributed by atoms with van der Waals surface area (Å²) in [6.07, 6.45) is 2.96. The number of carboxylic acids is 1. The first-order valence-electron chi connectivity index (χ1n) is 8.32. The van der Waals surface area contributed by atoms with E-state index in [1.807, 2.05) is 0 Å². The molecule has 3 rings (SSSR count). The quantitative estimate of drug-likeness (QED) is 0.283. The summed E-state index contributed by atoms with van der Waals surface area (Å²) in [5, 5.41) is 11.8. The van der Waals surface area contributed by atoms with E-state index in [-0.39, 0.29) is 65.4 Å². The second kappa shape index (κ2) is 11.0. The van der Waals surface area contributed by atoms with E-state index >= 15 is 0 Å². The molecule has 0 spiro atoms. The Morgan fingerprint density at radius 2 is 1.68 bits per heavy atom. The fraction of sp³-hybridized carbons (Fsp3) is 0.118. The van der Waals surface area contributed by atoms with Gasteiger partial charge in [0, 0.05) is 18.9 Å². The minimum atomic E-state index is -4.45. The number of ether oxygens (including phenoxy) is 2. The predicted molar refractivity (Wildman–Crippen MR) is 101 cm³/mol. The van der Waals surface area contributed by atoms with Gasteiger partial charge in [-0.25, -0.2) is 13.2 Å². The molecule has 0 aliphatic carbocycles. The standard InChI is InChI=1S/C17H15N5O7S.Na/c23-14(24)12-3-1-2-4-13(12)29-17-21-15(19-9-10-30(25,26)27)20-16(22-17)28-11-5-7-18-8-6-11;/h1-8H,9-10H2,(H,23,24)(H,25,26,27)(H,19,20,21,22);/q;+1/p-1. The van der Waals surface area contributed by atoms with E-state index in [0.717, 1.165) is 0 Å². The van der Waals surface area contributed by atoms with E-state index in [2.05, 4.69) is 25.3 Å². The van der Waals surface area contributed by atoms with Crippen LogP contribution in [0.15, 0.2) is 48.8 Å². The number of para-hydroxylation sites is 1. The summed E-state index contributed by atoms with van der Waals surface area (Å²) in [6.45, 7) is -0.268. The van der Waals surface area contributed by atoms with Gasteiger partial charge in [-0.2, -0.15) is 9.97 Å². The molecule has 0 radical (unpaired) electrons. The molecule has 2 N–H and O–H groups in total. The molecule has 156 valence electrons. The van der Waals surface area contributed by atoms with E-state index in [1.54, 1.807) is 18.2 Å². The zero-order chi connectivity index (χ0) is 21.6. The molecule has 0 atom stereocenters. The molecule has 0 saturated heterocycles. The van der Waals surface area contributed by atoms with Crippen molar-refractivity contribution >= 4 is 22.0 Å². The maximum atomic E-state index is 11.4. The number of carboxylic acid groups (broad SMARTS) is 1. The molecule has 0 aliphatic heterocycles. The van der Waals surface area contributed by atoms with Crippen molar-refractivity contribution in [3.8, 4) is 23.5 Å². The Hall–Kier alpha value is -2.84. The number of carbonyl (C=O) groups is 1. The minimum Gasteiger partial charge on any atom is -0.748 e. The molecule has 0 saturated carbocycles. The molecular formula is C17H14N5NaO7S. The van der Waals surface area contributed by atoms with Gasteiger partial charge in [0.2, 0.25) is 5.95 Å². The number of aromatic carboxylic acids is 1. The van der Waals surface area contributed by atoms with E-state index in [1.165, 1.54) is 30.6 Å². The number of nitrogens with zero attached hydrogens (tertiary/aromatic N) is 4. The largest absolute Gasteiger partial charge is 1.00 e. The Morgan fingerprint density at radius 1 is 1.03 bits per heavy atom. The van der Waals surface area contributed by atoms with Crippen LogP contribution in [0.1, 0.15) is 10.4 Å². The van der Waals surface area contributed by atoms with Gasteiger partial charge in [-0.15, -0.1) is 4.98 Å². The molecule has 0 fully saturated rings. The van der Waals surface area contributed by atoms with E-state index in [4.69, 9.17) is 9.47 Å². The average molecular weight is 455 g/mol. The molecule has 0 amide bonds. The van der Waals surface area contributed by atoms with E-state index < -0.39 is 21.8 Å². The maximum absolute atomic E-state index is 11.4. The molecule has 0 unspecified atom stereocenters. The summed E-state index contributed by atoms with van der Waals surface area (Å²) in [6, 6.07) is 8.40. The van der Waals surface area contributed by atoms with Gasteiger partial charge in [-0.05, 0) is 24.3 Å². The van der Waals surface area contributed by atoms with Crippen LogP contribution in [0.3, 0.4) is 0 Å². The number of aromatic nitrogens is 4. The fourth-order valence-corrected chi connectivity index (χ4v) is 2.49. The number of hydrogen-bond donors (Lipinski definition) is 2. The summed E-state index contributed by atoms with van der Waals surface area (Å²) in [4.78, 5) is 27.1. The minimum absolute atomic E-state index is 0. The van der Waals surface area contributed by atoms with Crippen molar-refractivity contribution in [2.24, 2.45) is 0 Å². The van der Waals surface area contributed by atoms with Crippen LogP contribution < -0.4 is 44.3 Å². The van der Waals surface area contributed by atoms with Gasteiger partial charge in [-0.1, -0.05) is 12.1 Å². The van der Waals surface area contributed by atoms with Crippen LogP contribution in [0.5, 0.6) is 23.5 Å². The topological polar surface area (TPSA) is 177 Å². The molecule has 31 heavy (non-hydrogen) atoms. The molecule has 3 aromatic rings. The summed E-state index contributed by atoms with van der Waals surface area (Å²) in [5.41, 5.74) is -0.124. The number of anilines is 1. The second-order valence-electron chi connectivity index (χ2n) is 5.60. The molecule has 0 bridgehead atoms. The van der Waals surface area contributed by atoms with Crippen LogP contribution in [-0.2, 0) is 10.1 Å². The molecular weight excluding hydrogens is 441 g/mol. The number of nitrogens with one attached hydrogen (secondary N) is 1. The van der Waals surface area contributed by atoms with Gasteiger partial charge in [0.1, 0.15) is 17.1 Å². The molecule has 1 aromatic carbocycles. The Kier molecular flexibility index (Phi) is 8.65. The Bertz CT molecular complexity index is 1150. The van der Waals surface area contributed by atoms with Crippen LogP contribution in [0.4, 0.5) is 5.95 Å². The Labute approximate surface area is 198 Å². The van der Waals surface area contributed by atoms with Gasteiger partial charge in [0.05, 0.1) is 15.9 Å². The predicted octanol–water partition coefficient (Wildman–Crippen LogP) is -1.49. The van der Waals surface area contributed by atoms with Gasteiger partial charge in [0.25, 0.3) is 0 Å². The van der Waals surface area contributed by atoms with E-state index in [9.17, 15) is 22.9 Å². The Morgan fingerprint density at radius 3 is 2.32 bits per heavy atom. The number of rotatable bonds is 9. The molecule has 14 heteroatoms. The summed E-state index contributed by atoms with van der Waals surface area (Å²) in [5.74, 6) is -1.73. The van der Waals surface area contributed by atoms with Crippen LogP contribution in [-0.4, -0.2) is 56.3 Å². The smallest absolute Gasteiger partial charge is 0.748 e. The molecule has 2 aromatic heterocycles. The zero-order valence-electron chi connectivity index (χ0n) is 16.1. The Balaban J connectivity index is 0.00000341. The van der Waals surface area contributed by atoms with Crippen molar-refractivity contribution < 1.29 is 61.9 Å². The van der Waals surface area contributed by atoms with Crippen LogP contribution in [0.2, 0.25) is 0 Å². The number of hydrogen-bond acceptors (Lipinski definition) is 11. The van der Waals surface area contributed by atoms with Crippen LogP contribution >= 0.6 is 0 Å². The molecule has 0 aliphatic rings. The summed E-state index contributed by atoms with van der Waals surface area (Å²) >= 11 is 0. The van der Waals surface area contributed by atoms with Crippen molar-refractivity contribution in [3.05, 3.63) is 54.4 Å². The first-order chi connectivity index (χ1) is 14.3. The van der Waals surface area contributed by atoms with Gasteiger partial charge in [-0.3, -0.25) is 4.98 Å².